The van der Waals surface area contributed by atoms with Crippen LogP contribution in [0.3, 0.4) is 0 Å². The maximum absolute atomic E-state index is 12.8. The molecule has 1 fully saturated rings. The number of carbonyl (C=O) groups is 1. The highest BCUT2D eigenvalue weighted by molar-refractivity contribution is 5.81. The van der Waals surface area contributed by atoms with E-state index in [0.717, 1.165) is 11.8 Å². The molecule has 0 saturated carbocycles. The molecule has 1 aromatic carbocycles. The van der Waals surface area contributed by atoms with E-state index in [9.17, 15) is 9.59 Å². The maximum atomic E-state index is 12.8. The Morgan fingerprint density at radius 2 is 2.11 bits per heavy atom. The molecule has 8 heteroatoms. The van der Waals surface area contributed by atoms with Crippen LogP contribution in [0, 0.1) is 0 Å². The minimum absolute atomic E-state index is 0.0713. The number of ether oxygens (including phenoxy) is 1. The summed E-state index contributed by atoms with van der Waals surface area (Å²) in [5.41, 5.74) is -0.249. The number of carbonyl (C=O) groups excluding carboxylic acids is 1. The first-order chi connectivity index (χ1) is 13.2. The highest BCUT2D eigenvalue weighted by Gasteiger charge is 2.23. The molecule has 0 aliphatic carbocycles. The minimum atomic E-state index is -0.249. The summed E-state index contributed by atoms with van der Waals surface area (Å²) >= 11 is 0. The first-order valence-corrected chi connectivity index (χ1v) is 9.02. The van der Waals surface area contributed by atoms with E-state index in [4.69, 9.17) is 4.74 Å². The van der Waals surface area contributed by atoms with Crippen molar-refractivity contribution in [2.75, 3.05) is 19.7 Å². The van der Waals surface area contributed by atoms with Crippen LogP contribution >= 0.6 is 0 Å². The number of benzene rings is 1. The highest BCUT2D eigenvalue weighted by Crippen LogP contribution is 2.10. The Kier molecular flexibility index (Phi) is 4.97. The van der Waals surface area contributed by atoms with Crippen LogP contribution in [-0.2, 0) is 22.6 Å². The second kappa shape index (κ2) is 7.71. The fourth-order valence-electron chi connectivity index (χ4n) is 3.32. The van der Waals surface area contributed by atoms with Gasteiger partial charge in [0, 0.05) is 37.5 Å². The Morgan fingerprint density at radius 3 is 2.96 bits per heavy atom. The van der Waals surface area contributed by atoms with E-state index < -0.39 is 0 Å². The lowest BCUT2D eigenvalue weighted by atomic mass is 10.2. The molecule has 3 heterocycles. The molecule has 1 amide bonds. The van der Waals surface area contributed by atoms with Gasteiger partial charge in [0.15, 0.2) is 0 Å². The molecule has 1 saturated heterocycles. The number of aromatic nitrogens is 4. The third-order valence-electron chi connectivity index (χ3n) is 4.70. The average molecular weight is 367 g/mol. The molecule has 1 aliphatic rings. The summed E-state index contributed by atoms with van der Waals surface area (Å²) in [6, 6.07) is 9.11. The van der Waals surface area contributed by atoms with Crippen LogP contribution in [0.4, 0.5) is 0 Å². The van der Waals surface area contributed by atoms with Crippen LogP contribution < -0.4 is 5.56 Å². The number of amides is 1. The zero-order valence-electron chi connectivity index (χ0n) is 14.9. The van der Waals surface area contributed by atoms with Crippen molar-refractivity contribution in [3.05, 3.63) is 59.3 Å². The largest absolute Gasteiger partial charge is 0.374 e. The van der Waals surface area contributed by atoms with Crippen LogP contribution in [0.15, 0.2) is 53.7 Å². The molecule has 0 radical (unpaired) electrons. The summed E-state index contributed by atoms with van der Waals surface area (Å²) in [6.45, 7) is 2.20. The fourth-order valence-corrected chi connectivity index (χ4v) is 3.32. The summed E-state index contributed by atoms with van der Waals surface area (Å²) < 4.78 is 8.88. The van der Waals surface area contributed by atoms with Crippen molar-refractivity contribution in [2.45, 2.75) is 25.6 Å². The molecule has 0 spiro atoms. The van der Waals surface area contributed by atoms with E-state index in [2.05, 4.69) is 10.2 Å². The van der Waals surface area contributed by atoms with Crippen molar-refractivity contribution in [3.8, 4) is 0 Å². The van der Waals surface area contributed by atoms with Gasteiger partial charge in [-0.15, -0.1) is 0 Å². The van der Waals surface area contributed by atoms with Crippen LogP contribution in [-0.4, -0.2) is 56.2 Å². The first kappa shape index (κ1) is 17.4. The quantitative estimate of drug-likeness (QED) is 0.685. The summed E-state index contributed by atoms with van der Waals surface area (Å²) in [7, 11) is 0. The van der Waals surface area contributed by atoms with Crippen LogP contribution in [0.1, 0.15) is 6.42 Å². The van der Waals surface area contributed by atoms with Gasteiger partial charge in [0.2, 0.25) is 5.91 Å². The zero-order valence-corrected chi connectivity index (χ0v) is 14.9. The maximum Gasteiger partial charge on any atom is 0.275 e. The standard InChI is InChI=1S/C19H21N5O3/c25-18(14-24-19(26)17-6-2-1-5-15(17)11-21-24)22-8-4-10-27-16(12-22)13-23-9-3-7-20-23/h1-3,5-7,9,11,16H,4,8,10,12-14H2. The third kappa shape index (κ3) is 3.90. The van der Waals surface area contributed by atoms with Gasteiger partial charge in [-0.25, -0.2) is 4.68 Å². The summed E-state index contributed by atoms with van der Waals surface area (Å²) in [4.78, 5) is 27.1. The van der Waals surface area contributed by atoms with Gasteiger partial charge in [-0.2, -0.15) is 10.2 Å². The molecule has 8 nitrogen and oxygen atoms in total. The SMILES string of the molecule is O=C(Cn1ncc2ccccc2c1=O)N1CCCOC(Cn2cccn2)C1. The van der Waals surface area contributed by atoms with Gasteiger partial charge in [0.05, 0.1) is 24.2 Å². The van der Waals surface area contributed by atoms with Crippen LogP contribution in [0.5, 0.6) is 0 Å². The lowest BCUT2D eigenvalue weighted by Gasteiger charge is -2.24. The predicted octanol–water partition coefficient (Wildman–Crippen LogP) is 0.911. The predicted molar refractivity (Wildman–Crippen MR) is 99.2 cm³/mol. The monoisotopic (exact) mass is 367 g/mol. The summed E-state index contributed by atoms with van der Waals surface area (Å²) in [5.74, 6) is -0.129. The fraction of sp³-hybridized carbons (Fsp3) is 0.368. The number of nitrogens with zero attached hydrogens (tertiary/aromatic N) is 5. The number of hydrogen-bond donors (Lipinski definition) is 0. The Labute approximate surface area is 156 Å². The topological polar surface area (TPSA) is 82.3 Å². The smallest absolute Gasteiger partial charge is 0.275 e. The molecular weight excluding hydrogens is 346 g/mol. The van der Waals surface area contributed by atoms with Crippen molar-refractivity contribution in [3.63, 3.8) is 0 Å². The molecule has 2 aromatic heterocycles. The zero-order chi connectivity index (χ0) is 18.6. The summed E-state index contributed by atoms with van der Waals surface area (Å²) in [6.07, 6.45) is 5.85. The molecule has 0 N–H and O–H groups in total. The molecule has 3 aromatic rings. The van der Waals surface area contributed by atoms with Gasteiger partial charge in [-0.3, -0.25) is 14.3 Å². The Balaban J connectivity index is 1.48. The average Bonchev–Trinajstić information content (AvgIpc) is 3.08. The first-order valence-electron chi connectivity index (χ1n) is 9.02. The molecular formula is C19H21N5O3. The molecule has 1 unspecified atom stereocenters. The second-order valence-corrected chi connectivity index (χ2v) is 6.61. The third-order valence-corrected chi connectivity index (χ3v) is 4.70. The van der Waals surface area contributed by atoms with Crippen molar-refractivity contribution in [1.82, 2.24) is 24.5 Å². The molecule has 140 valence electrons. The van der Waals surface area contributed by atoms with Gasteiger partial charge < -0.3 is 9.64 Å². The van der Waals surface area contributed by atoms with Crippen molar-refractivity contribution < 1.29 is 9.53 Å². The van der Waals surface area contributed by atoms with E-state index in [1.807, 2.05) is 30.5 Å². The Bertz CT molecular complexity index is 982. The summed E-state index contributed by atoms with van der Waals surface area (Å²) in [5, 5.41) is 9.69. The van der Waals surface area contributed by atoms with E-state index in [-0.39, 0.29) is 24.1 Å². The molecule has 27 heavy (non-hydrogen) atoms. The van der Waals surface area contributed by atoms with E-state index in [0.29, 0.717) is 31.6 Å². The Morgan fingerprint density at radius 1 is 1.22 bits per heavy atom. The van der Waals surface area contributed by atoms with Crippen molar-refractivity contribution >= 4 is 16.7 Å². The number of rotatable bonds is 4. The van der Waals surface area contributed by atoms with E-state index in [1.165, 1.54) is 4.68 Å². The Hall–Kier alpha value is -3.00. The lowest BCUT2D eigenvalue weighted by molar-refractivity contribution is -0.133. The molecule has 1 atom stereocenters. The van der Waals surface area contributed by atoms with Crippen molar-refractivity contribution in [2.24, 2.45) is 0 Å². The molecule has 4 rings (SSSR count). The van der Waals surface area contributed by atoms with Crippen LogP contribution in [0.2, 0.25) is 0 Å². The highest BCUT2D eigenvalue weighted by atomic mass is 16.5. The number of hydrogen-bond acceptors (Lipinski definition) is 5. The number of fused-ring (bicyclic) bond motifs is 1. The molecule has 1 aliphatic heterocycles. The van der Waals surface area contributed by atoms with Gasteiger partial charge in [-0.05, 0) is 18.6 Å². The van der Waals surface area contributed by atoms with E-state index >= 15 is 0 Å². The van der Waals surface area contributed by atoms with Gasteiger partial charge in [0.25, 0.3) is 5.56 Å². The molecule has 0 bridgehead atoms. The van der Waals surface area contributed by atoms with E-state index in [1.54, 1.807) is 28.0 Å². The van der Waals surface area contributed by atoms with Gasteiger partial charge in [-0.1, -0.05) is 18.2 Å². The van der Waals surface area contributed by atoms with Gasteiger partial charge in [0.1, 0.15) is 6.54 Å². The van der Waals surface area contributed by atoms with Crippen molar-refractivity contribution in [1.29, 1.82) is 0 Å². The minimum Gasteiger partial charge on any atom is -0.374 e. The van der Waals surface area contributed by atoms with Gasteiger partial charge >= 0.3 is 0 Å². The van der Waals surface area contributed by atoms with Crippen LogP contribution in [0.25, 0.3) is 10.8 Å². The lowest BCUT2D eigenvalue weighted by Crippen LogP contribution is -2.41. The second-order valence-electron chi connectivity index (χ2n) is 6.61. The normalized spacial score (nSPS) is 17.8.